The zero-order chi connectivity index (χ0) is 16.7. The molecule has 0 aromatic carbocycles. The molecule has 4 rings (SSSR count). The molecular formula is C16H21N5O2S. The first-order valence-electron chi connectivity index (χ1n) is 8.30. The van der Waals surface area contributed by atoms with Gasteiger partial charge in [-0.15, -0.1) is 5.10 Å². The van der Waals surface area contributed by atoms with Crippen LogP contribution in [0, 0.1) is 0 Å². The predicted molar refractivity (Wildman–Crippen MR) is 90.2 cm³/mol. The molecule has 2 atom stereocenters. The highest BCUT2D eigenvalue weighted by Crippen LogP contribution is 2.41. The number of piperazine rings is 1. The molecule has 24 heavy (non-hydrogen) atoms. The molecule has 2 aromatic rings. The summed E-state index contributed by atoms with van der Waals surface area (Å²) in [6.07, 6.45) is 2.41. The van der Waals surface area contributed by atoms with Crippen molar-refractivity contribution in [3.05, 3.63) is 30.0 Å². The highest BCUT2D eigenvalue weighted by atomic mass is 32.2. The van der Waals surface area contributed by atoms with Crippen molar-refractivity contribution in [2.45, 2.75) is 29.8 Å². The lowest BCUT2D eigenvalue weighted by Crippen LogP contribution is -2.49. The van der Waals surface area contributed by atoms with E-state index in [1.807, 2.05) is 19.1 Å². The molecule has 0 spiro atoms. The van der Waals surface area contributed by atoms with Crippen LogP contribution < -0.4 is 0 Å². The van der Waals surface area contributed by atoms with Gasteiger partial charge in [0.1, 0.15) is 11.0 Å². The van der Waals surface area contributed by atoms with E-state index in [0.717, 1.165) is 44.2 Å². The van der Waals surface area contributed by atoms with E-state index in [2.05, 4.69) is 26.9 Å². The first kappa shape index (κ1) is 15.9. The quantitative estimate of drug-likeness (QED) is 0.831. The summed E-state index contributed by atoms with van der Waals surface area (Å²) in [5, 5.41) is 4.78. The van der Waals surface area contributed by atoms with Gasteiger partial charge < -0.3 is 9.32 Å². The summed E-state index contributed by atoms with van der Waals surface area (Å²) in [6.45, 7) is 5.81. The molecule has 2 aliphatic heterocycles. The standard InChI is InChI=1S/C16H21N5O2S/c1-3-12-17-16-21(18-12)15(22)14(24-16)13(11-5-4-10-23-11)20-8-6-19(2)7-9-20/h4-5,10,13-14H,3,6-9H2,1-2H3. The van der Waals surface area contributed by atoms with Crippen molar-refractivity contribution >= 4 is 17.7 Å². The van der Waals surface area contributed by atoms with E-state index in [-0.39, 0.29) is 17.2 Å². The van der Waals surface area contributed by atoms with Gasteiger partial charge in [0.2, 0.25) is 0 Å². The highest BCUT2D eigenvalue weighted by Gasteiger charge is 2.44. The number of thioether (sulfide) groups is 1. The van der Waals surface area contributed by atoms with Crippen molar-refractivity contribution in [2.24, 2.45) is 0 Å². The lowest BCUT2D eigenvalue weighted by atomic mass is 10.1. The maximum absolute atomic E-state index is 12.9. The molecule has 7 nitrogen and oxygen atoms in total. The minimum Gasteiger partial charge on any atom is -0.468 e. The number of nitrogens with zero attached hydrogens (tertiary/aromatic N) is 5. The maximum Gasteiger partial charge on any atom is 0.265 e. The van der Waals surface area contributed by atoms with E-state index in [1.165, 1.54) is 16.4 Å². The van der Waals surface area contributed by atoms with E-state index in [4.69, 9.17) is 4.42 Å². The molecule has 2 aromatic heterocycles. The minimum atomic E-state index is -0.263. The fraction of sp³-hybridized carbons (Fsp3) is 0.562. The number of rotatable bonds is 4. The number of aryl methyl sites for hydroxylation is 1. The van der Waals surface area contributed by atoms with Crippen LogP contribution in [0.1, 0.15) is 29.3 Å². The Balaban J connectivity index is 1.63. The van der Waals surface area contributed by atoms with Crippen LogP contribution >= 0.6 is 11.8 Å². The van der Waals surface area contributed by atoms with Gasteiger partial charge in [0.15, 0.2) is 11.0 Å². The van der Waals surface area contributed by atoms with E-state index < -0.39 is 0 Å². The largest absolute Gasteiger partial charge is 0.468 e. The smallest absolute Gasteiger partial charge is 0.265 e. The molecule has 0 N–H and O–H groups in total. The number of hydrogen-bond donors (Lipinski definition) is 0. The second kappa shape index (κ2) is 6.34. The lowest BCUT2D eigenvalue weighted by molar-refractivity contribution is 0.0728. The SMILES string of the molecule is CCc1nc2n(n1)C(=O)C(C(c1ccco1)N1CCN(C)CC1)S2. The summed E-state index contributed by atoms with van der Waals surface area (Å²) in [6, 6.07) is 3.76. The summed E-state index contributed by atoms with van der Waals surface area (Å²) in [4.78, 5) is 22.1. The molecule has 0 radical (unpaired) electrons. The summed E-state index contributed by atoms with van der Waals surface area (Å²) in [7, 11) is 2.13. The van der Waals surface area contributed by atoms with Crippen molar-refractivity contribution < 1.29 is 9.21 Å². The Labute approximate surface area is 145 Å². The average molecular weight is 347 g/mol. The molecule has 8 heteroatoms. The maximum atomic E-state index is 12.9. The molecule has 0 saturated carbocycles. The van der Waals surface area contributed by atoms with Gasteiger partial charge in [-0.1, -0.05) is 18.7 Å². The molecule has 1 saturated heterocycles. The number of carbonyl (C=O) groups excluding carboxylic acids is 1. The normalized spacial score (nSPS) is 23.6. The highest BCUT2D eigenvalue weighted by molar-refractivity contribution is 8.00. The number of likely N-dealkylation sites (N-methyl/N-ethyl adjacent to an activating group) is 1. The Bertz CT molecular complexity index is 721. The van der Waals surface area contributed by atoms with Gasteiger partial charge in [0.25, 0.3) is 5.91 Å². The average Bonchev–Trinajstić information content (AvgIpc) is 3.29. The first-order chi connectivity index (χ1) is 11.7. The second-order valence-electron chi connectivity index (χ2n) is 6.25. The summed E-state index contributed by atoms with van der Waals surface area (Å²) in [5.41, 5.74) is 0. The Hall–Kier alpha value is -1.64. The molecule has 4 heterocycles. The van der Waals surface area contributed by atoms with Gasteiger partial charge >= 0.3 is 0 Å². The number of furan rings is 1. The van der Waals surface area contributed by atoms with Crippen molar-refractivity contribution in [3.63, 3.8) is 0 Å². The minimum absolute atomic E-state index is 0.00234. The van der Waals surface area contributed by atoms with Gasteiger partial charge in [0.05, 0.1) is 12.3 Å². The fourth-order valence-corrected chi connectivity index (χ4v) is 4.52. The molecule has 128 valence electrons. The Morgan fingerprint density at radius 2 is 2.17 bits per heavy atom. The monoisotopic (exact) mass is 347 g/mol. The first-order valence-corrected chi connectivity index (χ1v) is 9.18. The summed E-state index contributed by atoms with van der Waals surface area (Å²) >= 11 is 1.51. The van der Waals surface area contributed by atoms with Crippen LogP contribution in [0.25, 0.3) is 0 Å². The molecule has 0 amide bonds. The van der Waals surface area contributed by atoms with Crippen LogP contribution in [0.3, 0.4) is 0 Å². The number of carbonyl (C=O) groups is 1. The zero-order valence-electron chi connectivity index (χ0n) is 13.9. The van der Waals surface area contributed by atoms with Crippen molar-refractivity contribution in [2.75, 3.05) is 33.2 Å². The third-order valence-corrected chi connectivity index (χ3v) is 5.86. The van der Waals surface area contributed by atoms with Crippen LogP contribution in [-0.4, -0.2) is 68.9 Å². The molecule has 0 bridgehead atoms. The van der Waals surface area contributed by atoms with Crippen molar-refractivity contribution in [3.8, 4) is 0 Å². The van der Waals surface area contributed by atoms with Crippen LogP contribution in [0.4, 0.5) is 0 Å². The van der Waals surface area contributed by atoms with E-state index in [1.54, 1.807) is 6.26 Å². The third kappa shape index (κ3) is 2.68. The van der Waals surface area contributed by atoms with E-state index in [9.17, 15) is 4.79 Å². The van der Waals surface area contributed by atoms with E-state index in [0.29, 0.717) is 5.16 Å². The molecule has 2 aliphatic rings. The predicted octanol–water partition coefficient (Wildman–Crippen LogP) is 1.54. The van der Waals surface area contributed by atoms with Crippen LogP contribution in [-0.2, 0) is 6.42 Å². The lowest BCUT2D eigenvalue weighted by Gasteiger charge is -2.38. The summed E-state index contributed by atoms with van der Waals surface area (Å²) in [5.74, 6) is 1.56. The number of fused-ring (bicyclic) bond motifs is 1. The molecule has 0 aliphatic carbocycles. The van der Waals surface area contributed by atoms with Crippen LogP contribution in [0.2, 0.25) is 0 Å². The Morgan fingerprint density at radius 1 is 1.38 bits per heavy atom. The second-order valence-corrected chi connectivity index (χ2v) is 7.36. The molecule has 1 fully saturated rings. The Morgan fingerprint density at radius 3 is 2.79 bits per heavy atom. The van der Waals surface area contributed by atoms with Crippen molar-refractivity contribution in [1.82, 2.24) is 24.6 Å². The van der Waals surface area contributed by atoms with Gasteiger partial charge in [-0.2, -0.15) is 4.68 Å². The van der Waals surface area contributed by atoms with Gasteiger partial charge in [-0.3, -0.25) is 9.69 Å². The zero-order valence-corrected chi connectivity index (χ0v) is 14.7. The van der Waals surface area contributed by atoms with Crippen molar-refractivity contribution in [1.29, 1.82) is 0 Å². The van der Waals surface area contributed by atoms with Crippen LogP contribution in [0.5, 0.6) is 0 Å². The van der Waals surface area contributed by atoms with Crippen LogP contribution in [0.15, 0.2) is 28.0 Å². The summed E-state index contributed by atoms with van der Waals surface area (Å²) < 4.78 is 7.16. The number of aromatic nitrogens is 3. The van der Waals surface area contributed by atoms with Gasteiger partial charge in [-0.05, 0) is 19.2 Å². The third-order valence-electron chi connectivity index (χ3n) is 4.67. The number of hydrogen-bond acceptors (Lipinski definition) is 7. The Kier molecular flexibility index (Phi) is 4.19. The van der Waals surface area contributed by atoms with Gasteiger partial charge in [0, 0.05) is 32.6 Å². The van der Waals surface area contributed by atoms with Gasteiger partial charge in [-0.25, -0.2) is 4.98 Å². The fourth-order valence-electron chi connectivity index (χ4n) is 3.27. The molecular weight excluding hydrogens is 326 g/mol. The molecule has 2 unspecified atom stereocenters. The van der Waals surface area contributed by atoms with E-state index >= 15 is 0 Å². The topological polar surface area (TPSA) is 67.4 Å².